The predicted molar refractivity (Wildman–Crippen MR) is 86.0 cm³/mol. The minimum atomic E-state index is -1.38. The number of benzene rings is 2. The fourth-order valence-electron chi connectivity index (χ4n) is 2.62. The monoisotopic (exact) mass is 324 g/mol. The molecule has 24 heavy (non-hydrogen) atoms. The minimum Gasteiger partial charge on any atom is -0.443 e. The molecular weight excluding hydrogens is 308 g/mol. The molecule has 5 heteroatoms. The number of ketones is 1. The van der Waals surface area contributed by atoms with Crippen LogP contribution >= 0.6 is 0 Å². The number of rotatable bonds is 3. The Labute approximate surface area is 139 Å². The third kappa shape index (κ3) is 2.93. The van der Waals surface area contributed by atoms with Crippen molar-refractivity contribution in [3.63, 3.8) is 0 Å². The Morgan fingerprint density at radius 3 is 2.42 bits per heavy atom. The highest BCUT2D eigenvalue weighted by molar-refractivity contribution is 5.97. The van der Waals surface area contributed by atoms with Gasteiger partial charge in [0.2, 0.25) is 5.60 Å². The Kier molecular flexibility index (Phi) is 3.93. The van der Waals surface area contributed by atoms with Gasteiger partial charge in [0.1, 0.15) is 5.75 Å². The van der Waals surface area contributed by atoms with Crippen molar-refractivity contribution in [2.75, 3.05) is 0 Å². The number of fused-ring (bicyclic) bond motifs is 1. The van der Waals surface area contributed by atoms with Crippen molar-refractivity contribution in [3.05, 3.63) is 65.2 Å². The maximum Gasteiger partial charge on any atom is 0.356 e. The quantitative estimate of drug-likeness (QED) is 0.493. The molecule has 0 spiro atoms. The summed E-state index contributed by atoms with van der Waals surface area (Å²) in [6.07, 6.45) is 0.249. The van der Waals surface area contributed by atoms with E-state index in [1.807, 2.05) is 6.07 Å². The van der Waals surface area contributed by atoms with E-state index in [0.717, 1.165) is 5.56 Å². The molecule has 0 N–H and O–H groups in total. The summed E-state index contributed by atoms with van der Waals surface area (Å²) >= 11 is 0. The normalized spacial score (nSPS) is 19.2. The average molecular weight is 324 g/mol. The van der Waals surface area contributed by atoms with Crippen molar-refractivity contribution in [2.24, 2.45) is 0 Å². The third-order valence-corrected chi connectivity index (χ3v) is 3.99. The number of cyclic esters (lactones) is 1. The second-order valence-corrected chi connectivity index (χ2v) is 5.92. The van der Waals surface area contributed by atoms with Gasteiger partial charge in [0.25, 0.3) is 0 Å². The third-order valence-electron chi connectivity index (χ3n) is 3.99. The molecule has 1 aliphatic heterocycles. The van der Waals surface area contributed by atoms with Gasteiger partial charge in [-0.05, 0) is 49.7 Å². The van der Waals surface area contributed by atoms with E-state index >= 15 is 0 Å². The summed E-state index contributed by atoms with van der Waals surface area (Å²) in [5.74, 6) is -0.969. The van der Waals surface area contributed by atoms with Crippen molar-refractivity contribution >= 4 is 17.7 Å². The van der Waals surface area contributed by atoms with Crippen LogP contribution in [0.3, 0.4) is 0 Å². The molecule has 2 aromatic rings. The Hall–Kier alpha value is -2.95. The molecule has 122 valence electrons. The highest BCUT2D eigenvalue weighted by Gasteiger charge is 2.44. The van der Waals surface area contributed by atoms with Gasteiger partial charge in [-0.25, -0.2) is 9.59 Å². The lowest BCUT2D eigenvalue weighted by Crippen LogP contribution is -2.48. The van der Waals surface area contributed by atoms with Crippen LogP contribution in [-0.2, 0) is 16.0 Å². The number of carbonyl (C=O) groups is 3. The van der Waals surface area contributed by atoms with Crippen LogP contribution in [0.25, 0.3) is 0 Å². The maximum absolute atomic E-state index is 12.5. The first kappa shape index (κ1) is 15.9. The summed E-state index contributed by atoms with van der Waals surface area (Å²) < 4.78 is 10.7. The Bertz CT molecular complexity index is 822. The largest absolute Gasteiger partial charge is 0.443 e. The molecule has 1 aliphatic rings. The number of esters is 2. The lowest BCUT2D eigenvalue weighted by atomic mass is 9.90. The number of hydrogen-bond acceptors (Lipinski definition) is 5. The lowest BCUT2D eigenvalue weighted by molar-refractivity contribution is -0.155. The molecule has 2 aromatic carbocycles. The second kappa shape index (κ2) is 5.92. The van der Waals surface area contributed by atoms with Crippen LogP contribution in [0.4, 0.5) is 0 Å². The fraction of sp³-hybridized carbons (Fsp3) is 0.211. The standard InChI is InChI=1S/C19H16O5/c1-12(20)13-7-9-15(10-8-13)23-18(22)19(2)11-14-5-3-4-6-16(14)17(21)24-19/h3-10H,11H2,1-2H3/t19-/m1/s1. The van der Waals surface area contributed by atoms with E-state index in [2.05, 4.69) is 0 Å². The Morgan fingerprint density at radius 1 is 1.08 bits per heavy atom. The van der Waals surface area contributed by atoms with E-state index in [9.17, 15) is 14.4 Å². The lowest BCUT2D eigenvalue weighted by Gasteiger charge is -2.32. The molecule has 1 heterocycles. The zero-order valence-corrected chi connectivity index (χ0v) is 13.4. The highest BCUT2D eigenvalue weighted by Crippen LogP contribution is 2.29. The van der Waals surface area contributed by atoms with Gasteiger partial charge < -0.3 is 9.47 Å². The Balaban J connectivity index is 1.80. The van der Waals surface area contributed by atoms with Gasteiger partial charge in [-0.3, -0.25) is 4.79 Å². The molecule has 5 nitrogen and oxygen atoms in total. The van der Waals surface area contributed by atoms with E-state index in [0.29, 0.717) is 16.9 Å². The van der Waals surface area contributed by atoms with Crippen LogP contribution in [0, 0.1) is 0 Å². The Morgan fingerprint density at radius 2 is 1.75 bits per heavy atom. The van der Waals surface area contributed by atoms with Gasteiger partial charge in [-0.1, -0.05) is 18.2 Å². The van der Waals surface area contributed by atoms with Crippen LogP contribution in [0.2, 0.25) is 0 Å². The van der Waals surface area contributed by atoms with Gasteiger partial charge in [0.15, 0.2) is 5.78 Å². The molecule has 0 fully saturated rings. The molecular formula is C19H16O5. The summed E-state index contributed by atoms with van der Waals surface area (Å²) in [4.78, 5) is 35.9. The number of hydrogen-bond donors (Lipinski definition) is 0. The van der Waals surface area contributed by atoms with Crippen LogP contribution in [-0.4, -0.2) is 23.3 Å². The molecule has 0 saturated carbocycles. The van der Waals surface area contributed by atoms with Crippen LogP contribution in [0.1, 0.15) is 40.1 Å². The van der Waals surface area contributed by atoms with E-state index in [-0.39, 0.29) is 12.2 Å². The molecule has 0 aliphatic carbocycles. The van der Waals surface area contributed by atoms with E-state index < -0.39 is 17.5 Å². The smallest absolute Gasteiger partial charge is 0.356 e. The van der Waals surface area contributed by atoms with Gasteiger partial charge >= 0.3 is 11.9 Å². The maximum atomic E-state index is 12.5. The van der Waals surface area contributed by atoms with E-state index in [4.69, 9.17) is 9.47 Å². The van der Waals surface area contributed by atoms with E-state index in [1.165, 1.54) is 26.0 Å². The predicted octanol–water partition coefficient (Wildman–Crippen LogP) is 2.97. The summed E-state index contributed by atoms with van der Waals surface area (Å²) in [5, 5.41) is 0. The van der Waals surface area contributed by atoms with Gasteiger partial charge in [0, 0.05) is 12.0 Å². The molecule has 3 rings (SSSR count). The molecule has 0 amide bonds. The van der Waals surface area contributed by atoms with Gasteiger partial charge in [-0.15, -0.1) is 0 Å². The van der Waals surface area contributed by atoms with Gasteiger partial charge in [-0.2, -0.15) is 0 Å². The zero-order chi connectivity index (χ0) is 17.3. The van der Waals surface area contributed by atoms with Crippen molar-refractivity contribution in [2.45, 2.75) is 25.9 Å². The number of Topliss-reactive ketones (excluding diaryl/α,β-unsaturated/α-hetero) is 1. The van der Waals surface area contributed by atoms with Crippen LogP contribution in [0.15, 0.2) is 48.5 Å². The average Bonchev–Trinajstić information content (AvgIpc) is 2.55. The molecule has 0 unspecified atom stereocenters. The SMILES string of the molecule is CC(=O)c1ccc(OC(=O)[C@@]2(C)Cc3ccccc3C(=O)O2)cc1. The first-order chi connectivity index (χ1) is 11.4. The highest BCUT2D eigenvalue weighted by atomic mass is 16.6. The topological polar surface area (TPSA) is 69.7 Å². The molecule has 0 bridgehead atoms. The van der Waals surface area contributed by atoms with Crippen molar-refractivity contribution in [1.29, 1.82) is 0 Å². The van der Waals surface area contributed by atoms with Crippen LogP contribution < -0.4 is 4.74 Å². The van der Waals surface area contributed by atoms with Gasteiger partial charge in [0.05, 0.1) is 5.56 Å². The second-order valence-electron chi connectivity index (χ2n) is 5.92. The zero-order valence-electron chi connectivity index (χ0n) is 13.4. The summed E-state index contributed by atoms with van der Waals surface area (Å²) in [6, 6.07) is 13.3. The van der Waals surface area contributed by atoms with Crippen molar-refractivity contribution in [1.82, 2.24) is 0 Å². The fourth-order valence-corrected chi connectivity index (χ4v) is 2.62. The first-order valence-corrected chi connectivity index (χ1v) is 7.53. The molecule has 0 aromatic heterocycles. The summed E-state index contributed by atoms with van der Waals surface area (Å²) in [6.45, 7) is 2.99. The molecule has 0 radical (unpaired) electrons. The summed E-state index contributed by atoms with van der Waals surface area (Å²) in [5.41, 5.74) is 0.359. The number of carbonyl (C=O) groups excluding carboxylic acids is 3. The first-order valence-electron chi connectivity index (χ1n) is 7.53. The van der Waals surface area contributed by atoms with Crippen molar-refractivity contribution in [3.8, 4) is 5.75 Å². The molecule has 1 atom stereocenters. The van der Waals surface area contributed by atoms with E-state index in [1.54, 1.807) is 30.3 Å². The van der Waals surface area contributed by atoms with Crippen molar-refractivity contribution < 1.29 is 23.9 Å². The summed E-state index contributed by atoms with van der Waals surface area (Å²) in [7, 11) is 0. The minimum absolute atomic E-state index is 0.0716. The number of ether oxygens (including phenoxy) is 2. The van der Waals surface area contributed by atoms with Crippen LogP contribution in [0.5, 0.6) is 5.75 Å². The molecule has 0 saturated heterocycles.